The van der Waals surface area contributed by atoms with Gasteiger partial charge in [0.25, 0.3) is 11.7 Å². The molecule has 0 unspecified atom stereocenters. The van der Waals surface area contributed by atoms with Gasteiger partial charge in [-0.3, -0.25) is 9.78 Å². The number of rotatable bonds is 2. The van der Waals surface area contributed by atoms with Gasteiger partial charge in [-0.2, -0.15) is 0 Å². The molecule has 1 aromatic rings. The zero-order valence-electron chi connectivity index (χ0n) is 5.67. The number of carbonyl (C=O) groups excluding carboxylic acids is 1. The molecule has 0 aromatic carbocycles. The van der Waals surface area contributed by atoms with Gasteiger partial charge in [0.2, 0.25) is 0 Å². The molecule has 0 saturated carbocycles. The summed E-state index contributed by atoms with van der Waals surface area (Å²) >= 11 is 5.01. The van der Waals surface area contributed by atoms with Gasteiger partial charge in [0.1, 0.15) is 11.4 Å². The lowest BCUT2D eigenvalue weighted by atomic mass is 10.4. The molecular weight excluding hydrogens is 190 g/mol. The van der Waals surface area contributed by atoms with Gasteiger partial charge in [0.05, 0.1) is 12.4 Å². The standard InChI is InChI=1S/C6H3ClF2N2O/c7-5(12)3-1-11-4(2-10-3)6(8)9/h1-2,6H. The Morgan fingerprint density at radius 3 is 2.42 bits per heavy atom. The van der Waals surface area contributed by atoms with E-state index in [-0.39, 0.29) is 5.69 Å². The highest BCUT2D eigenvalue weighted by atomic mass is 35.5. The monoisotopic (exact) mass is 192 g/mol. The predicted molar refractivity (Wildman–Crippen MR) is 37.2 cm³/mol. The summed E-state index contributed by atoms with van der Waals surface area (Å²) in [5, 5.41) is -0.816. The van der Waals surface area contributed by atoms with Crippen molar-refractivity contribution in [3.8, 4) is 0 Å². The predicted octanol–water partition coefficient (Wildman–Crippen LogP) is 1.79. The van der Waals surface area contributed by atoms with Crippen molar-refractivity contribution in [2.45, 2.75) is 6.43 Å². The summed E-state index contributed by atoms with van der Waals surface area (Å²) in [5.74, 6) is 0. The summed E-state index contributed by atoms with van der Waals surface area (Å²) in [6, 6.07) is 0. The summed E-state index contributed by atoms with van der Waals surface area (Å²) in [6.07, 6.45) is -0.950. The van der Waals surface area contributed by atoms with Gasteiger partial charge in [0.15, 0.2) is 0 Å². The highest BCUT2D eigenvalue weighted by molar-refractivity contribution is 6.67. The molecule has 6 heteroatoms. The molecule has 1 rings (SSSR count). The lowest BCUT2D eigenvalue weighted by Crippen LogP contribution is -1.98. The van der Waals surface area contributed by atoms with Gasteiger partial charge < -0.3 is 0 Å². The average molecular weight is 193 g/mol. The van der Waals surface area contributed by atoms with Crippen molar-refractivity contribution < 1.29 is 13.6 Å². The fraction of sp³-hybridized carbons (Fsp3) is 0.167. The molecular formula is C6H3ClF2N2O. The Balaban J connectivity index is 2.93. The highest BCUT2D eigenvalue weighted by Gasteiger charge is 2.10. The summed E-state index contributed by atoms with van der Waals surface area (Å²) < 4.78 is 23.8. The van der Waals surface area contributed by atoms with E-state index in [9.17, 15) is 13.6 Å². The molecule has 0 bridgehead atoms. The van der Waals surface area contributed by atoms with Crippen LogP contribution in [0.4, 0.5) is 8.78 Å². The molecule has 3 nitrogen and oxygen atoms in total. The first-order valence-corrected chi connectivity index (χ1v) is 3.29. The van der Waals surface area contributed by atoms with Gasteiger partial charge in [-0.25, -0.2) is 13.8 Å². The third-order valence-electron chi connectivity index (χ3n) is 1.10. The van der Waals surface area contributed by atoms with Crippen molar-refractivity contribution in [1.29, 1.82) is 0 Å². The van der Waals surface area contributed by atoms with Crippen LogP contribution < -0.4 is 0 Å². The van der Waals surface area contributed by atoms with Gasteiger partial charge in [-0.15, -0.1) is 0 Å². The summed E-state index contributed by atoms with van der Waals surface area (Å²) in [7, 11) is 0. The molecule has 1 heterocycles. The zero-order valence-corrected chi connectivity index (χ0v) is 6.42. The first-order chi connectivity index (χ1) is 5.61. The van der Waals surface area contributed by atoms with E-state index < -0.39 is 17.4 Å². The van der Waals surface area contributed by atoms with E-state index in [0.717, 1.165) is 12.4 Å². The van der Waals surface area contributed by atoms with Crippen LogP contribution in [0.15, 0.2) is 12.4 Å². The van der Waals surface area contributed by atoms with Crippen LogP contribution in [0.2, 0.25) is 0 Å². The maximum atomic E-state index is 11.9. The number of hydrogen-bond acceptors (Lipinski definition) is 3. The molecule has 64 valence electrons. The summed E-state index contributed by atoms with van der Waals surface area (Å²) in [5.41, 5.74) is -0.613. The third kappa shape index (κ3) is 1.94. The molecule has 1 aromatic heterocycles. The topological polar surface area (TPSA) is 42.9 Å². The Bertz CT molecular complexity index is 288. The minimum absolute atomic E-state index is 0.138. The maximum absolute atomic E-state index is 11.9. The van der Waals surface area contributed by atoms with E-state index in [1.54, 1.807) is 0 Å². The van der Waals surface area contributed by atoms with Crippen molar-refractivity contribution in [2.24, 2.45) is 0 Å². The van der Waals surface area contributed by atoms with Crippen LogP contribution in [0, 0.1) is 0 Å². The van der Waals surface area contributed by atoms with E-state index in [0.29, 0.717) is 0 Å². The van der Waals surface area contributed by atoms with E-state index >= 15 is 0 Å². The number of halogens is 3. The highest BCUT2D eigenvalue weighted by Crippen LogP contribution is 2.14. The van der Waals surface area contributed by atoms with Crippen LogP contribution in [0.25, 0.3) is 0 Å². The zero-order chi connectivity index (χ0) is 9.14. The number of alkyl halides is 2. The normalized spacial score (nSPS) is 10.3. The Labute approximate surface area is 71.4 Å². The summed E-state index contributed by atoms with van der Waals surface area (Å²) in [4.78, 5) is 17.1. The smallest absolute Gasteiger partial charge is 0.274 e. The fourth-order valence-electron chi connectivity index (χ4n) is 0.552. The quantitative estimate of drug-likeness (QED) is 0.671. The van der Waals surface area contributed by atoms with Crippen molar-refractivity contribution in [2.75, 3.05) is 0 Å². The van der Waals surface area contributed by atoms with Crippen LogP contribution in [0.1, 0.15) is 22.6 Å². The Morgan fingerprint density at radius 1 is 1.42 bits per heavy atom. The third-order valence-corrected chi connectivity index (χ3v) is 1.29. The van der Waals surface area contributed by atoms with E-state index in [1.165, 1.54) is 0 Å². The molecule has 0 fully saturated rings. The molecule has 0 N–H and O–H groups in total. The lowest BCUT2D eigenvalue weighted by molar-refractivity contribution is 0.107. The number of hydrogen-bond donors (Lipinski definition) is 0. The van der Waals surface area contributed by atoms with Crippen molar-refractivity contribution in [3.05, 3.63) is 23.8 Å². The maximum Gasteiger partial charge on any atom is 0.281 e. The Hall–Kier alpha value is -1.10. The molecule has 0 radical (unpaired) electrons. The molecule has 0 atom stereocenters. The molecule has 0 aliphatic carbocycles. The van der Waals surface area contributed by atoms with E-state index in [4.69, 9.17) is 11.6 Å². The van der Waals surface area contributed by atoms with Crippen LogP contribution in [-0.4, -0.2) is 15.2 Å². The molecule has 0 saturated heterocycles. The van der Waals surface area contributed by atoms with Crippen LogP contribution in [0.3, 0.4) is 0 Å². The SMILES string of the molecule is O=C(Cl)c1cnc(C(F)F)cn1. The number of nitrogens with zero attached hydrogens (tertiary/aromatic N) is 2. The van der Waals surface area contributed by atoms with E-state index in [2.05, 4.69) is 9.97 Å². The van der Waals surface area contributed by atoms with Crippen LogP contribution in [-0.2, 0) is 0 Å². The van der Waals surface area contributed by atoms with Gasteiger partial charge in [-0.1, -0.05) is 0 Å². The van der Waals surface area contributed by atoms with Crippen LogP contribution in [0.5, 0.6) is 0 Å². The number of aromatic nitrogens is 2. The van der Waals surface area contributed by atoms with Crippen LogP contribution >= 0.6 is 11.6 Å². The molecule has 0 spiro atoms. The molecule has 0 aliphatic heterocycles. The average Bonchev–Trinajstić information content (AvgIpc) is 2.04. The Kier molecular flexibility index (Phi) is 2.65. The largest absolute Gasteiger partial charge is 0.281 e. The molecule has 12 heavy (non-hydrogen) atoms. The Morgan fingerprint density at radius 2 is 2.08 bits per heavy atom. The van der Waals surface area contributed by atoms with Crippen molar-refractivity contribution >= 4 is 16.8 Å². The summed E-state index contributed by atoms with van der Waals surface area (Å²) in [6.45, 7) is 0. The fourth-order valence-corrected chi connectivity index (χ4v) is 0.650. The first-order valence-electron chi connectivity index (χ1n) is 2.91. The van der Waals surface area contributed by atoms with Gasteiger partial charge in [0, 0.05) is 0 Å². The molecule has 0 amide bonds. The van der Waals surface area contributed by atoms with Gasteiger partial charge in [-0.05, 0) is 11.6 Å². The van der Waals surface area contributed by atoms with E-state index in [1.807, 2.05) is 0 Å². The second kappa shape index (κ2) is 3.53. The lowest BCUT2D eigenvalue weighted by Gasteiger charge is -1.96. The van der Waals surface area contributed by atoms with Gasteiger partial charge >= 0.3 is 0 Å². The minimum Gasteiger partial charge on any atom is -0.274 e. The second-order valence-electron chi connectivity index (χ2n) is 1.90. The molecule has 0 aliphatic rings. The van der Waals surface area contributed by atoms with Crippen molar-refractivity contribution in [3.63, 3.8) is 0 Å². The number of carbonyl (C=O) groups is 1. The van der Waals surface area contributed by atoms with Crippen molar-refractivity contribution in [1.82, 2.24) is 9.97 Å². The minimum atomic E-state index is -2.68. The second-order valence-corrected chi connectivity index (χ2v) is 2.24. The first kappa shape index (κ1) is 8.99.